The van der Waals surface area contributed by atoms with Gasteiger partial charge in [-0.05, 0) is 42.8 Å². The van der Waals surface area contributed by atoms with Gasteiger partial charge in [-0.1, -0.05) is 43.0 Å². The van der Waals surface area contributed by atoms with Crippen LogP contribution < -0.4 is 10.7 Å². The summed E-state index contributed by atoms with van der Waals surface area (Å²) in [6.07, 6.45) is 8.00. The summed E-state index contributed by atoms with van der Waals surface area (Å²) >= 11 is 11.1. The largest absolute Gasteiger partial charge is 0.359 e. The summed E-state index contributed by atoms with van der Waals surface area (Å²) < 4.78 is 0. The molecular weight excluding hydrogens is 278 g/mol. The fraction of sp³-hybridized carbons (Fsp3) is 0.429. The van der Waals surface area contributed by atoms with Gasteiger partial charge in [0.25, 0.3) is 0 Å². The number of hydrogen-bond donors (Lipinski definition) is 2. The van der Waals surface area contributed by atoms with Crippen LogP contribution in [0, 0.1) is 0 Å². The van der Waals surface area contributed by atoms with Gasteiger partial charge in [0.05, 0.1) is 6.21 Å². The number of nitrogens with one attached hydrogen (secondary N) is 2. The van der Waals surface area contributed by atoms with Crippen molar-refractivity contribution in [2.24, 2.45) is 5.10 Å². The van der Waals surface area contributed by atoms with Gasteiger partial charge in [0, 0.05) is 11.1 Å². The van der Waals surface area contributed by atoms with Gasteiger partial charge in [-0.25, -0.2) is 0 Å². The standard InChI is InChI=1S/C14H18ClN3S/c15-12-6-4-5-11(9-12)10-16-18-14(19)17-13-7-2-1-3-8-13/h4-6,9-10,13H,1-3,7-8H2,(H2,17,18,19)/b16-10+. The third kappa shape index (κ3) is 5.17. The molecule has 0 bridgehead atoms. The van der Waals surface area contributed by atoms with Gasteiger partial charge in [0.1, 0.15) is 0 Å². The molecule has 1 saturated carbocycles. The number of thiocarbonyl (C=S) groups is 1. The third-order valence-electron chi connectivity index (χ3n) is 3.17. The number of hydrazone groups is 1. The fourth-order valence-electron chi connectivity index (χ4n) is 2.22. The van der Waals surface area contributed by atoms with Gasteiger partial charge in [0.15, 0.2) is 5.11 Å². The predicted molar refractivity (Wildman–Crippen MR) is 84.8 cm³/mol. The fourth-order valence-corrected chi connectivity index (χ4v) is 2.64. The zero-order valence-electron chi connectivity index (χ0n) is 10.7. The maximum Gasteiger partial charge on any atom is 0.187 e. The van der Waals surface area contributed by atoms with Crippen molar-refractivity contribution < 1.29 is 0 Å². The Balaban J connectivity index is 1.76. The van der Waals surface area contributed by atoms with Crippen LogP contribution in [0.25, 0.3) is 0 Å². The van der Waals surface area contributed by atoms with Crippen LogP contribution in [0.15, 0.2) is 29.4 Å². The molecule has 2 rings (SSSR count). The molecule has 0 amide bonds. The molecule has 0 spiro atoms. The van der Waals surface area contributed by atoms with E-state index in [4.69, 9.17) is 23.8 Å². The minimum Gasteiger partial charge on any atom is -0.359 e. The summed E-state index contributed by atoms with van der Waals surface area (Å²) in [6.45, 7) is 0. The van der Waals surface area contributed by atoms with Crippen molar-refractivity contribution in [2.75, 3.05) is 0 Å². The zero-order valence-corrected chi connectivity index (χ0v) is 12.3. The van der Waals surface area contributed by atoms with E-state index in [0.29, 0.717) is 16.2 Å². The van der Waals surface area contributed by atoms with Crippen LogP contribution in [0.1, 0.15) is 37.7 Å². The second-order valence-electron chi connectivity index (χ2n) is 4.73. The summed E-state index contributed by atoms with van der Waals surface area (Å²) in [5.74, 6) is 0. The molecule has 0 heterocycles. The molecule has 1 fully saturated rings. The van der Waals surface area contributed by atoms with Crippen molar-refractivity contribution in [3.63, 3.8) is 0 Å². The second-order valence-corrected chi connectivity index (χ2v) is 5.58. The van der Waals surface area contributed by atoms with Crippen LogP contribution in [0.4, 0.5) is 0 Å². The number of rotatable bonds is 3. The van der Waals surface area contributed by atoms with E-state index in [1.165, 1.54) is 32.1 Å². The highest BCUT2D eigenvalue weighted by atomic mass is 35.5. The van der Waals surface area contributed by atoms with Crippen LogP contribution in [0.3, 0.4) is 0 Å². The Morgan fingerprint density at radius 1 is 1.32 bits per heavy atom. The zero-order chi connectivity index (χ0) is 13.5. The quantitative estimate of drug-likeness (QED) is 0.509. The summed E-state index contributed by atoms with van der Waals surface area (Å²) in [5, 5.41) is 8.70. The first kappa shape index (κ1) is 14.3. The molecule has 0 unspecified atom stereocenters. The van der Waals surface area contributed by atoms with Gasteiger partial charge < -0.3 is 5.32 Å². The van der Waals surface area contributed by atoms with Crippen LogP contribution in [-0.2, 0) is 0 Å². The van der Waals surface area contributed by atoms with E-state index in [9.17, 15) is 0 Å². The van der Waals surface area contributed by atoms with E-state index < -0.39 is 0 Å². The number of hydrogen-bond acceptors (Lipinski definition) is 2. The lowest BCUT2D eigenvalue weighted by Crippen LogP contribution is -2.40. The molecular formula is C14H18ClN3S. The van der Waals surface area contributed by atoms with E-state index in [0.717, 1.165) is 5.56 Å². The van der Waals surface area contributed by atoms with Crippen molar-refractivity contribution in [2.45, 2.75) is 38.1 Å². The number of benzene rings is 1. The molecule has 3 nitrogen and oxygen atoms in total. The average Bonchev–Trinajstić information content (AvgIpc) is 2.40. The molecule has 0 saturated heterocycles. The first-order chi connectivity index (χ1) is 9.24. The van der Waals surface area contributed by atoms with E-state index in [2.05, 4.69) is 15.8 Å². The summed E-state index contributed by atoms with van der Waals surface area (Å²) in [4.78, 5) is 0. The van der Waals surface area contributed by atoms with Gasteiger partial charge in [0.2, 0.25) is 0 Å². The lowest BCUT2D eigenvalue weighted by atomic mass is 9.96. The summed E-state index contributed by atoms with van der Waals surface area (Å²) in [5.41, 5.74) is 3.79. The topological polar surface area (TPSA) is 36.4 Å². The first-order valence-corrected chi connectivity index (χ1v) is 7.38. The van der Waals surface area contributed by atoms with Crippen molar-refractivity contribution in [1.29, 1.82) is 0 Å². The van der Waals surface area contributed by atoms with E-state index >= 15 is 0 Å². The monoisotopic (exact) mass is 295 g/mol. The van der Waals surface area contributed by atoms with Crippen molar-refractivity contribution in [3.05, 3.63) is 34.9 Å². The molecule has 1 aliphatic carbocycles. The third-order valence-corrected chi connectivity index (χ3v) is 3.61. The highest BCUT2D eigenvalue weighted by Crippen LogP contribution is 2.17. The summed E-state index contributed by atoms with van der Waals surface area (Å²) in [7, 11) is 0. The molecule has 1 aliphatic rings. The Labute approximate surface area is 124 Å². The molecule has 19 heavy (non-hydrogen) atoms. The van der Waals surface area contributed by atoms with Crippen LogP contribution >= 0.6 is 23.8 Å². The molecule has 2 N–H and O–H groups in total. The van der Waals surface area contributed by atoms with Crippen LogP contribution in [0.5, 0.6) is 0 Å². The van der Waals surface area contributed by atoms with E-state index in [1.807, 2.05) is 24.3 Å². The molecule has 5 heteroatoms. The Morgan fingerprint density at radius 2 is 2.11 bits per heavy atom. The van der Waals surface area contributed by atoms with Crippen LogP contribution in [0.2, 0.25) is 5.02 Å². The highest BCUT2D eigenvalue weighted by molar-refractivity contribution is 7.80. The minimum atomic E-state index is 0.495. The predicted octanol–water partition coefficient (Wildman–Crippen LogP) is 3.47. The Morgan fingerprint density at radius 3 is 2.84 bits per heavy atom. The SMILES string of the molecule is S=C(N/N=C/c1cccc(Cl)c1)NC1CCCCC1. The Kier molecular flexibility index (Phi) is 5.61. The molecule has 102 valence electrons. The maximum absolute atomic E-state index is 5.89. The Bertz CT molecular complexity index is 456. The highest BCUT2D eigenvalue weighted by Gasteiger charge is 2.13. The summed E-state index contributed by atoms with van der Waals surface area (Å²) in [6, 6.07) is 8.01. The number of nitrogens with zero attached hydrogens (tertiary/aromatic N) is 1. The van der Waals surface area contributed by atoms with Gasteiger partial charge in [-0.2, -0.15) is 5.10 Å². The van der Waals surface area contributed by atoms with Gasteiger partial charge in [-0.15, -0.1) is 0 Å². The van der Waals surface area contributed by atoms with Crippen molar-refractivity contribution >= 4 is 35.1 Å². The van der Waals surface area contributed by atoms with Gasteiger partial charge >= 0.3 is 0 Å². The molecule has 0 radical (unpaired) electrons. The lowest BCUT2D eigenvalue weighted by Gasteiger charge is -2.23. The normalized spacial score (nSPS) is 16.5. The van der Waals surface area contributed by atoms with E-state index in [1.54, 1.807) is 6.21 Å². The Hall–Kier alpha value is -1.13. The van der Waals surface area contributed by atoms with Gasteiger partial charge in [-0.3, -0.25) is 5.43 Å². The number of halogens is 1. The molecule has 0 aliphatic heterocycles. The lowest BCUT2D eigenvalue weighted by molar-refractivity contribution is 0.412. The first-order valence-electron chi connectivity index (χ1n) is 6.59. The molecule has 1 aromatic rings. The van der Waals surface area contributed by atoms with E-state index in [-0.39, 0.29) is 0 Å². The molecule has 0 atom stereocenters. The average molecular weight is 296 g/mol. The second kappa shape index (κ2) is 7.46. The smallest absolute Gasteiger partial charge is 0.187 e. The maximum atomic E-state index is 5.89. The van der Waals surface area contributed by atoms with Crippen molar-refractivity contribution in [3.8, 4) is 0 Å². The molecule has 1 aromatic carbocycles. The minimum absolute atomic E-state index is 0.495. The van der Waals surface area contributed by atoms with Crippen LogP contribution in [-0.4, -0.2) is 17.4 Å². The molecule has 0 aromatic heterocycles. The van der Waals surface area contributed by atoms with Crippen molar-refractivity contribution in [1.82, 2.24) is 10.7 Å².